The van der Waals surface area contributed by atoms with Gasteiger partial charge in [-0.25, -0.2) is 8.42 Å². The summed E-state index contributed by atoms with van der Waals surface area (Å²) >= 11 is 6.18. The average Bonchev–Trinajstić information content (AvgIpc) is 2.99. The van der Waals surface area contributed by atoms with Gasteiger partial charge in [0.25, 0.3) is 10.0 Å². The lowest BCUT2D eigenvalue weighted by molar-refractivity contribution is 0.471. The number of halogens is 1. The van der Waals surface area contributed by atoms with Gasteiger partial charge in [0.2, 0.25) is 0 Å². The fourth-order valence-electron chi connectivity index (χ4n) is 1.68. The highest BCUT2D eigenvalue weighted by atomic mass is 79.9. The molecular weight excluding hydrogens is 380 g/mol. The Balaban J connectivity index is 2.15. The van der Waals surface area contributed by atoms with E-state index in [1.807, 2.05) is 23.9 Å². The molecule has 1 N–H and O–H groups in total. The van der Waals surface area contributed by atoms with Crippen LogP contribution in [0.2, 0.25) is 0 Å². The van der Waals surface area contributed by atoms with E-state index in [4.69, 9.17) is 0 Å². The molecule has 0 aromatic carbocycles. The first kappa shape index (κ1) is 16.1. The molecule has 2 aromatic heterocycles. The Morgan fingerprint density at radius 1 is 1.30 bits per heavy atom. The zero-order valence-corrected chi connectivity index (χ0v) is 15.1. The molecule has 0 fully saturated rings. The van der Waals surface area contributed by atoms with Crippen molar-refractivity contribution in [1.29, 1.82) is 0 Å². The van der Waals surface area contributed by atoms with Crippen LogP contribution in [0.25, 0.3) is 0 Å². The maximum Gasteiger partial charge on any atom is 0.252 e. The molecule has 0 bridgehead atoms. The molecule has 0 aliphatic carbocycles. The van der Waals surface area contributed by atoms with Crippen LogP contribution < -0.4 is 5.32 Å². The van der Waals surface area contributed by atoms with Crippen molar-refractivity contribution in [2.45, 2.75) is 17.3 Å². The van der Waals surface area contributed by atoms with Crippen LogP contribution >= 0.6 is 38.6 Å². The lowest BCUT2D eigenvalue weighted by Crippen LogP contribution is -2.25. The average molecular weight is 395 g/mol. The van der Waals surface area contributed by atoms with E-state index in [1.54, 1.807) is 24.5 Å². The summed E-state index contributed by atoms with van der Waals surface area (Å²) in [4.78, 5) is 1.01. The lowest BCUT2D eigenvalue weighted by Gasteiger charge is -2.14. The van der Waals surface area contributed by atoms with E-state index in [9.17, 15) is 8.42 Å². The number of sulfonamides is 1. The first-order chi connectivity index (χ1) is 9.43. The summed E-state index contributed by atoms with van der Waals surface area (Å²) in [5, 5.41) is 6.84. The highest BCUT2D eigenvalue weighted by Gasteiger charge is 2.23. The summed E-state index contributed by atoms with van der Waals surface area (Å²) in [6.07, 6.45) is 0. The number of rotatable bonds is 6. The van der Waals surface area contributed by atoms with E-state index in [0.29, 0.717) is 17.3 Å². The van der Waals surface area contributed by atoms with Gasteiger partial charge in [-0.1, -0.05) is 0 Å². The quantitative estimate of drug-likeness (QED) is 0.818. The van der Waals surface area contributed by atoms with E-state index in [1.165, 1.54) is 15.6 Å². The third kappa shape index (κ3) is 3.69. The second kappa shape index (κ2) is 6.67. The predicted molar refractivity (Wildman–Crippen MR) is 87.8 cm³/mol. The van der Waals surface area contributed by atoms with E-state index >= 15 is 0 Å². The van der Waals surface area contributed by atoms with Crippen molar-refractivity contribution in [2.75, 3.05) is 14.1 Å². The zero-order chi connectivity index (χ0) is 14.8. The minimum atomic E-state index is -3.41. The molecule has 2 aromatic rings. The Hall–Kier alpha value is -0.250. The summed E-state index contributed by atoms with van der Waals surface area (Å²) in [6.45, 7) is 1.06. The molecule has 0 atom stereocenters. The third-order valence-electron chi connectivity index (χ3n) is 2.68. The third-order valence-corrected chi connectivity index (χ3v) is 7.63. The van der Waals surface area contributed by atoms with Crippen molar-refractivity contribution in [1.82, 2.24) is 9.62 Å². The normalized spacial score (nSPS) is 12.2. The second-order valence-electron chi connectivity index (χ2n) is 4.30. The molecule has 20 heavy (non-hydrogen) atoms. The number of nitrogens with one attached hydrogen (secondary N) is 1. The van der Waals surface area contributed by atoms with Gasteiger partial charge in [0.1, 0.15) is 4.21 Å². The number of thiophene rings is 2. The second-order valence-corrected chi connectivity index (χ2v) is 9.39. The number of nitrogens with zero attached hydrogens (tertiary/aromatic N) is 1. The molecule has 2 rings (SSSR count). The van der Waals surface area contributed by atoms with Gasteiger partial charge in [0, 0.05) is 34.9 Å². The van der Waals surface area contributed by atoms with Gasteiger partial charge in [-0.2, -0.15) is 4.31 Å². The Labute approximate surface area is 135 Å². The largest absolute Gasteiger partial charge is 0.316 e. The Morgan fingerprint density at radius 2 is 2.05 bits per heavy atom. The van der Waals surface area contributed by atoms with Crippen LogP contribution in [0.1, 0.15) is 10.4 Å². The van der Waals surface area contributed by atoms with Crippen molar-refractivity contribution in [3.8, 4) is 0 Å². The molecule has 0 radical (unpaired) electrons. The smallest absolute Gasteiger partial charge is 0.252 e. The van der Waals surface area contributed by atoms with Crippen LogP contribution in [0.15, 0.2) is 31.6 Å². The molecule has 0 aliphatic heterocycles. The zero-order valence-electron chi connectivity index (χ0n) is 11.1. The Bertz CT molecular complexity index is 678. The molecule has 0 unspecified atom stereocenters. The first-order valence-corrected chi connectivity index (χ1v) is 9.84. The molecule has 110 valence electrons. The standard InChI is InChI=1S/C12H15BrN2O2S3/c1-14-5-9-3-12(19-7-9)20(16,17)15(2)6-11-4-10(13)8-18-11/h3-4,7-8,14H,5-6H2,1-2H3. The highest BCUT2D eigenvalue weighted by molar-refractivity contribution is 9.10. The molecule has 8 heteroatoms. The van der Waals surface area contributed by atoms with Crippen molar-refractivity contribution in [2.24, 2.45) is 0 Å². The van der Waals surface area contributed by atoms with Gasteiger partial charge in [0.15, 0.2) is 0 Å². The summed E-state index contributed by atoms with van der Waals surface area (Å²) < 4.78 is 27.7. The van der Waals surface area contributed by atoms with Crippen molar-refractivity contribution >= 4 is 48.6 Å². The van der Waals surface area contributed by atoms with Gasteiger partial charge in [-0.05, 0) is 46.1 Å². The van der Waals surface area contributed by atoms with E-state index in [0.717, 1.165) is 14.9 Å². The van der Waals surface area contributed by atoms with Crippen LogP contribution in [-0.4, -0.2) is 26.8 Å². The van der Waals surface area contributed by atoms with Crippen LogP contribution in [0.5, 0.6) is 0 Å². The lowest BCUT2D eigenvalue weighted by atomic mass is 10.3. The van der Waals surface area contributed by atoms with Gasteiger partial charge in [-0.15, -0.1) is 22.7 Å². The van der Waals surface area contributed by atoms with E-state index < -0.39 is 10.0 Å². The monoisotopic (exact) mass is 394 g/mol. The number of hydrogen-bond acceptors (Lipinski definition) is 5. The molecule has 4 nitrogen and oxygen atoms in total. The maximum absolute atomic E-state index is 12.5. The molecule has 0 saturated carbocycles. The number of hydrogen-bond donors (Lipinski definition) is 1. The van der Waals surface area contributed by atoms with Crippen LogP contribution in [0.3, 0.4) is 0 Å². The summed E-state index contributed by atoms with van der Waals surface area (Å²) in [5.74, 6) is 0. The fraction of sp³-hybridized carbons (Fsp3) is 0.333. The fourth-order valence-corrected chi connectivity index (χ4v) is 5.83. The SMILES string of the molecule is CNCc1csc(S(=O)(=O)N(C)Cc2cc(Br)cs2)c1. The van der Waals surface area contributed by atoms with Crippen molar-refractivity contribution in [3.05, 3.63) is 37.8 Å². The predicted octanol–water partition coefficient (Wildman–Crippen LogP) is 3.11. The molecule has 0 aliphatic rings. The van der Waals surface area contributed by atoms with Gasteiger partial charge in [0.05, 0.1) is 0 Å². The molecular formula is C12H15BrN2O2S3. The minimum Gasteiger partial charge on any atom is -0.316 e. The highest BCUT2D eigenvalue weighted by Crippen LogP contribution is 2.26. The van der Waals surface area contributed by atoms with E-state index in [-0.39, 0.29) is 0 Å². The minimum absolute atomic E-state index is 0.387. The van der Waals surface area contributed by atoms with Crippen LogP contribution in [0.4, 0.5) is 0 Å². The van der Waals surface area contributed by atoms with Crippen LogP contribution in [-0.2, 0) is 23.1 Å². The first-order valence-electron chi connectivity index (χ1n) is 5.84. The molecule has 2 heterocycles. The maximum atomic E-state index is 12.5. The summed E-state index contributed by atoms with van der Waals surface area (Å²) in [7, 11) is 0.0415. The van der Waals surface area contributed by atoms with Crippen LogP contribution in [0, 0.1) is 0 Å². The van der Waals surface area contributed by atoms with Gasteiger partial charge in [-0.3, -0.25) is 0 Å². The molecule has 0 amide bonds. The topological polar surface area (TPSA) is 49.4 Å². The Morgan fingerprint density at radius 3 is 2.65 bits per heavy atom. The van der Waals surface area contributed by atoms with Gasteiger partial charge < -0.3 is 5.32 Å². The van der Waals surface area contributed by atoms with Crippen molar-refractivity contribution in [3.63, 3.8) is 0 Å². The summed E-state index contributed by atoms with van der Waals surface area (Å²) in [5.41, 5.74) is 0.989. The van der Waals surface area contributed by atoms with Crippen molar-refractivity contribution < 1.29 is 8.42 Å². The summed E-state index contributed by atoms with van der Waals surface area (Å²) in [6, 6.07) is 3.68. The Kier molecular flexibility index (Phi) is 5.38. The van der Waals surface area contributed by atoms with E-state index in [2.05, 4.69) is 21.2 Å². The van der Waals surface area contributed by atoms with Gasteiger partial charge >= 0.3 is 0 Å². The molecule has 0 spiro atoms. The molecule has 0 saturated heterocycles.